The van der Waals surface area contributed by atoms with Crippen molar-refractivity contribution >= 4 is 5.91 Å². The molecule has 0 aliphatic heterocycles. The third-order valence-electron chi connectivity index (χ3n) is 4.23. The zero-order valence-electron chi connectivity index (χ0n) is 14.6. The van der Waals surface area contributed by atoms with Gasteiger partial charge in [-0.2, -0.15) is 5.10 Å². The molecule has 2 aromatic rings. The molecule has 0 atom stereocenters. The highest BCUT2D eigenvalue weighted by molar-refractivity contribution is 5.77. The normalized spacial score (nSPS) is 13.5. The van der Waals surface area contributed by atoms with Crippen molar-refractivity contribution in [2.24, 2.45) is 0 Å². The molecule has 1 aliphatic rings. The summed E-state index contributed by atoms with van der Waals surface area (Å²) in [6, 6.07) is 9.23. The SMILES string of the molecule is Cc1ccc(C)c(OCC(=O)NCCn2nc(C3CC3)ccc2=O)c1. The van der Waals surface area contributed by atoms with Crippen LogP contribution in [0.1, 0.15) is 35.6 Å². The highest BCUT2D eigenvalue weighted by atomic mass is 16.5. The summed E-state index contributed by atoms with van der Waals surface area (Å²) in [5.74, 6) is 0.991. The van der Waals surface area contributed by atoms with Crippen LogP contribution in [0.4, 0.5) is 0 Å². The lowest BCUT2D eigenvalue weighted by Crippen LogP contribution is -2.34. The number of ether oxygens (including phenoxy) is 1. The van der Waals surface area contributed by atoms with Gasteiger partial charge in [-0.05, 0) is 49.9 Å². The second-order valence-electron chi connectivity index (χ2n) is 6.50. The molecule has 132 valence electrons. The number of carbonyl (C=O) groups excluding carboxylic acids is 1. The van der Waals surface area contributed by atoms with Gasteiger partial charge in [-0.3, -0.25) is 9.59 Å². The topological polar surface area (TPSA) is 73.2 Å². The van der Waals surface area contributed by atoms with Gasteiger partial charge < -0.3 is 10.1 Å². The molecule has 6 heteroatoms. The van der Waals surface area contributed by atoms with Crippen molar-refractivity contribution in [1.82, 2.24) is 15.1 Å². The maximum absolute atomic E-state index is 11.9. The van der Waals surface area contributed by atoms with E-state index in [-0.39, 0.29) is 18.1 Å². The number of hydrogen-bond donors (Lipinski definition) is 1. The molecule has 1 aromatic heterocycles. The summed E-state index contributed by atoms with van der Waals surface area (Å²) in [7, 11) is 0. The monoisotopic (exact) mass is 341 g/mol. The Morgan fingerprint density at radius 3 is 2.84 bits per heavy atom. The lowest BCUT2D eigenvalue weighted by molar-refractivity contribution is -0.123. The van der Waals surface area contributed by atoms with Crippen molar-refractivity contribution in [2.75, 3.05) is 13.2 Å². The lowest BCUT2D eigenvalue weighted by atomic mass is 10.1. The minimum atomic E-state index is -0.215. The van der Waals surface area contributed by atoms with E-state index in [1.165, 1.54) is 4.68 Å². The van der Waals surface area contributed by atoms with E-state index in [0.29, 0.717) is 24.8 Å². The van der Waals surface area contributed by atoms with Crippen LogP contribution in [0.2, 0.25) is 0 Å². The highest BCUT2D eigenvalue weighted by Crippen LogP contribution is 2.38. The van der Waals surface area contributed by atoms with Crippen LogP contribution in [0.3, 0.4) is 0 Å². The van der Waals surface area contributed by atoms with E-state index in [4.69, 9.17) is 4.74 Å². The number of nitrogens with one attached hydrogen (secondary N) is 1. The summed E-state index contributed by atoms with van der Waals surface area (Å²) < 4.78 is 6.98. The first-order valence-corrected chi connectivity index (χ1v) is 8.58. The first-order chi connectivity index (χ1) is 12.0. The van der Waals surface area contributed by atoms with Gasteiger partial charge in [-0.25, -0.2) is 4.68 Å². The Morgan fingerprint density at radius 1 is 1.28 bits per heavy atom. The van der Waals surface area contributed by atoms with E-state index >= 15 is 0 Å². The Morgan fingerprint density at radius 2 is 2.08 bits per heavy atom. The summed E-state index contributed by atoms with van der Waals surface area (Å²) >= 11 is 0. The number of hydrogen-bond acceptors (Lipinski definition) is 4. The van der Waals surface area contributed by atoms with Crippen LogP contribution in [0, 0.1) is 13.8 Å². The van der Waals surface area contributed by atoms with Crippen LogP contribution in [0.5, 0.6) is 5.75 Å². The van der Waals surface area contributed by atoms with Crippen LogP contribution in [0.15, 0.2) is 35.1 Å². The molecule has 1 aromatic carbocycles. The second-order valence-corrected chi connectivity index (χ2v) is 6.50. The van der Waals surface area contributed by atoms with Gasteiger partial charge in [-0.15, -0.1) is 0 Å². The van der Waals surface area contributed by atoms with E-state index in [1.807, 2.05) is 32.0 Å². The predicted molar refractivity (Wildman–Crippen MR) is 94.9 cm³/mol. The smallest absolute Gasteiger partial charge is 0.266 e. The molecule has 1 saturated carbocycles. The van der Waals surface area contributed by atoms with Crippen molar-refractivity contribution in [3.8, 4) is 5.75 Å². The average molecular weight is 341 g/mol. The van der Waals surface area contributed by atoms with Crippen LogP contribution < -0.4 is 15.6 Å². The molecular weight excluding hydrogens is 318 g/mol. The molecule has 1 aliphatic carbocycles. The molecule has 6 nitrogen and oxygen atoms in total. The van der Waals surface area contributed by atoms with Crippen LogP contribution in [-0.4, -0.2) is 28.8 Å². The molecule has 0 radical (unpaired) electrons. The molecule has 25 heavy (non-hydrogen) atoms. The van der Waals surface area contributed by atoms with Crippen LogP contribution in [0.25, 0.3) is 0 Å². The van der Waals surface area contributed by atoms with Crippen molar-refractivity contribution in [1.29, 1.82) is 0 Å². The number of carbonyl (C=O) groups is 1. The van der Waals surface area contributed by atoms with E-state index in [2.05, 4.69) is 10.4 Å². The summed E-state index contributed by atoms with van der Waals surface area (Å²) in [5.41, 5.74) is 2.89. The van der Waals surface area contributed by atoms with Gasteiger partial charge in [0.2, 0.25) is 0 Å². The third kappa shape index (κ3) is 4.68. The summed E-state index contributed by atoms with van der Waals surface area (Å²) in [4.78, 5) is 23.8. The molecule has 0 bridgehead atoms. The molecule has 1 fully saturated rings. The van der Waals surface area contributed by atoms with Gasteiger partial charge in [-0.1, -0.05) is 12.1 Å². The van der Waals surface area contributed by atoms with Crippen molar-refractivity contribution < 1.29 is 9.53 Å². The third-order valence-corrected chi connectivity index (χ3v) is 4.23. The van der Waals surface area contributed by atoms with Gasteiger partial charge >= 0.3 is 0 Å². The molecule has 0 spiro atoms. The number of aryl methyl sites for hydroxylation is 2. The Kier molecular flexibility index (Phi) is 5.16. The number of nitrogens with zero attached hydrogens (tertiary/aromatic N) is 2. The minimum Gasteiger partial charge on any atom is -0.483 e. The summed E-state index contributed by atoms with van der Waals surface area (Å²) in [6.07, 6.45) is 2.27. The van der Waals surface area contributed by atoms with Gasteiger partial charge in [0.1, 0.15) is 5.75 Å². The molecule has 3 rings (SSSR count). The molecule has 1 amide bonds. The number of benzene rings is 1. The maximum atomic E-state index is 11.9. The van der Waals surface area contributed by atoms with Gasteiger partial charge in [0.05, 0.1) is 12.2 Å². The quantitative estimate of drug-likeness (QED) is 0.835. The Bertz CT molecular complexity index is 825. The van der Waals surface area contributed by atoms with Crippen molar-refractivity contribution in [3.63, 3.8) is 0 Å². The minimum absolute atomic E-state index is 0.0469. The lowest BCUT2D eigenvalue weighted by Gasteiger charge is -2.11. The van der Waals surface area contributed by atoms with E-state index in [0.717, 1.165) is 29.7 Å². The Hall–Kier alpha value is -2.63. The number of aromatic nitrogens is 2. The zero-order chi connectivity index (χ0) is 17.8. The largest absolute Gasteiger partial charge is 0.483 e. The first-order valence-electron chi connectivity index (χ1n) is 8.58. The predicted octanol–water partition coefficient (Wildman–Crippen LogP) is 1.93. The van der Waals surface area contributed by atoms with Gasteiger partial charge in [0.25, 0.3) is 11.5 Å². The fourth-order valence-electron chi connectivity index (χ4n) is 2.58. The second kappa shape index (κ2) is 7.51. The van der Waals surface area contributed by atoms with E-state index in [9.17, 15) is 9.59 Å². The molecule has 1 heterocycles. The van der Waals surface area contributed by atoms with Crippen LogP contribution in [-0.2, 0) is 11.3 Å². The fraction of sp³-hybridized carbons (Fsp3) is 0.421. The molecule has 1 N–H and O–H groups in total. The number of amides is 1. The molecule has 0 saturated heterocycles. The molecule has 0 unspecified atom stereocenters. The van der Waals surface area contributed by atoms with E-state index in [1.54, 1.807) is 12.1 Å². The maximum Gasteiger partial charge on any atom is 0.266 e. The van der Waals surface area contributed by atoms with Crippen molar-refractivity contribution in [2.45, 2.75) is 39.2 Å². The summed E-state index contributed by atoms with van der Waals surface area (Å²) in [6.45, 7) is 4.57. The zero-order valence-corrected chi connectivity index (χ0v) is 14.6. The molecular formula is C19H23N3O3. The average Bonchev–Trinajstić information content (AvgIpc) is 3.42. The first kappa shape index (κ1) is 17.2. The van der Waals surface area contributed by atoms with Gasteiger partial charge in [0, 0.05) is 18.5 Å². The standard InChI is InChI=1S/C19H23N3O3/c1-13-3-4-14(2)17(11-13)25-12-18(23)20-9-10-22-19(24)8-7-16(21-22)15-5-6-15/h3-4,7-8,11,15H,5-6,9-10,12H2,1-2H3,(H,20,23). The van der Waals surface area contributed by atoms with Crippen molar-refractivity contribution in [3.05, 3.63) is 57.5 Å². The Balaban J connectivity index is 1.47. The van der Waals surface area contributed by atoms with Gasteiger partial charge in [0.15, 0.2) is 6.61 Å². The van der Waals surface area contributed by atoms with Crippen LogP contribution >= 0.6 is 0 Å². The highest BCUT2D eigenvalue weighted by Gasteiger charge is 2.25. The van der Waals surface area contributed by atoms with E-state index < -0.39 is 0 Å². The Labute approximate surface area is 146 Å². The fourth-order valence-corrected chi connectivity index (χ4v) is 2.58. The number of rotatable bonds is 7. The summed E-state index contributed by atoms with van der Waals surface area (Å²) in [5, 5.41) is 7.13.